The minimum atomic E-state index is 0.502. The molecule has 0 aliphatic carbocycles. The van der Waals surface area contributed by atoms with E-state index >= 15 is 0 Å². The maximum absolute atomic E-state index is 5.22. The van der Waals surface area contributed by atoms with Gasteiger partial charge in [0.25, 0.3) is 0 Å². The Morgan fingerprint density at radius 1 is 1.06 bits per heavy atom. The molecule has 0 saturated carbocycles. The molecule has 96 valence electrons. The van der Waals surface area contributed by atoms with E-state index in [2.05, 4.69) is 52.1 Å². The molecule has 0 amide bonds. The summed E-state index contributed by atoms with van der Waals surface area (Å²) in [5.41, 5.74) is 2.44. The molecule has 2 heteroatoms. The van der Waals surface area contributed by atoms with Gasteiger partial charge in [-0.3, -0.25) is 0 Å². The summed E-state index contributed by atoms with van der Waals surface area (Å²) in [4.78, 5) is 0. The Morgan fingerprint density at radius 2 is 1.65 bits per heavy atom. The lowest BCUT2D eigenvalue weighted by molar-refractivity contribution is 0.411. The first kappa shape index (κ1) is 13.9. The van der Waals surface area contributed by atoms with Crippen LogP contribution in [0.25, 0.3) is 0 Å². The molecule has 0 aromatic heterocycles. The largest absolute Gasteiger partial charge is 0.497 e. The van der Waals surface area contributed by atoms with Crippen molar-refractivity contribution in [2.75, 3.05) is 12.4 Å². The number of hydrogen-bond acceptors (Lipinski definition) is 2. The lowest BCUT2D eigenvalue weighted by Crippen LogP contribution is -2.31. The fraction of sp³-hybridized carbons (Fsp3) is 0.600. The zero-order valence-electron chi connectivity index (χ0n) is 11.9. The van der Waals surface area contributed by atoms with Crippen LogP contribution in [0, 0.1) is 18.8 Å². The van der Waals surface area contributed by atoms with Crippen LogP contribution in [-0.4, -0.2) is 13.2 Å². The Bertz CT molecular complexity index is 350. The molecule has 0 aliphatic heterocycles. The predicted molar refractivity (Wildman–Crippen MR) is 74.8 cm³/mol. The lowest BCUT2D eigenvalue weighted by Gasteiger charge is -2.28. The van der Waals surface area contributed by atoms with E-state index in [1.54, 1.807) is 7.11 Å². The first-order chi connectivity index (χ1) is 7.95. The average molecular weight is 235 g/mol. The van der Waals surface area contributed by atoms with Crippen molar-refractivity contribution in [3.63, 3.8) is 0 Å². The Kier molecular flexibility index (Phi) is 4.86. The van der Waals surface area contributed by atoms with Gasteiger partial charge in [0, 0.05) is 11.7 Å². The van der Waals surface area contributed by atoms with Crippen LogP contribution >= 0.6 is 0 Å². The molecule has 1 rings (SSSR count). The molecule has 0 atom stereocenters. The van der Waals surface area contributed by atoms with Crippen LogP contribution in [0.1, 0.15) is 33.3 Å². The number of methoxy groups -OCH3 is 1. The molecule has 0 aliphatic rings. The molecule has 0 radical (unpaired) electrons. The quantitative estimate of drug-likeness (QED) is 0.829. The Morgan fingerprint density at radius 3 is 2.06 bits per heavy atom. The summed E-state index contributed by atoms with van der Waals surface area (Å²) in [7, 11) is 1.70. The van der Waals surface area contributed by atoms with Gasteiger partial charge in [0.2, 0.25) is 0 Å². The molecule has 0 unspecified atom stereocenters. The smallest absolute Gasteiger partial charge is 0.119 e. The minimum absolute atomic E-state index is 0.502. The summed E-state index contributed by atoms with van der Waals surface area (Å²) in [5, 5.41) is 3.64. The van der Waals surface area contributed by atoms with Crippen molar-refractivity contribution < 1.29 is 4.74 Å². The molecule has 1 aromatic carbocycles. The number of ether oxygens (including phenoxy) is 1. The molecule has 0 fully saturated rings. The maximum atomic E-state index is 5.22. The summed E-state index contributed by atoms with van der Waals surface area (Å²) >= 11 is 0. The molecular weight excluding hydrogens is 210 g/mol. The Hall–Kier alpha value is -1.18. The topological polar surface area (TPSA) is 21.3 Å². The van der Waals surface area contributed by atoms with Crippen LogP contribution in [0.3, 0.4) is 0 Å². The molecule has 17 heavy (non-hydrogen) atoms. The molecule has 2 nitrogen and oxygen atoms in total. The van der Waals surface area contributed by atoms with Crippen LogP contribution in [0.15, 0.2) is 18.2 Å². The van der Waals surface area contributed by atoms with Gasteiger partial charge in [0.05, 0.1) is 7.11 Å². The summed E-state index contributed by atoms with van der Waals surface area (Å²) in [6.07, 6.45) is 0. The van der Waals surface area contributed by atoms with Crippen molar-refractivity contribution >= 4 is 5.69 Å². The van der Waals surface area contributed by atoms with Crippen molar-refractivity contribution in [2.45, 2.75) is 40.7 Å². The second-order valence-electron chi connectivity index (χ2n) is 5.34. The number of benzene rings is 1. The van der Waals surface area contributed by atoms with E-state index in [1.165, 1.54) is 11.3 Å². The Balaban J connectivity index is 2.86. The normalized spacial score (nSPS) is 11.4. The van der Waals surface area contributed by atoms with E-state index < -0.39 is 0 Å². The monoisotopic (exact) mass is 235 g/mol. The minimum Gasteiger partial charge on any atom is -0.497 e. The van der Waals surface area contributed by atoms with Crippen molar-refractivity contribution in [3.05, 3.63) is 23.8 Å². The lowest BCUT2D eigenvalue weighted by atomic mass is 9.92. The summed E-state index contributed by atoms with van der Waals surface area (Å²) in [6, 6.07) is 6.68. The third-order valence-corrected chi connectivity index (χ3v) is 3.19. The number of nitrogens with one attached hydrogen (secondary N) is 1. The van der Waals surface area contributed by atoms with E-state index in [9.17, 15) is 0 Å². The first-order valence-corrected chi connectivity index (χ1v) is 6.37. The number of hydrogen-bond donors (Lipinski definition) is 1. The highest BCUT2D eigenvalue weighted by atomic mass is 16.5. The standard InChI is InChI=1S/C15H25NO/c1-10(2)15(11(3)4)16-14-8-7-13(17-6)9-12(14)5/h7-11,15-16H,1-6H3. The third-order valence-electron chi connectivity index (χ3n) is 3.19. The van der Waals surface area contributed by atoms with E-state index in [-0.39, 0.29) is 0 Å². The van der Waals surface area contributed by atoms with E-state index in [0.717, 1.165) is 5.75 Å². The van der Waals surface area contributed by atoms with Gasteiger partial charge < -0.3 is 10.1 Å². The van der Waals surface area contributed by atoms with Crippen LogP contribution in [-0.2, 0) is 0 Å². The van der Waals surface area contributed by atoms with Crippen molar-refractivity contribution in [1.29, 1.82) is 0 Å². The van der Waals surface area contributed by atoms with Crippen LogP contribution in [0.4, 0.5) is 5.69 Å². The highest BCUT2D eigenvalue weighted by molar-refractivity contribution is 5.54. The SMILES string of the molecule is COc1ccc(NC(C(C)C)C(C)C)c(C)c1. The number of aryl methyl sites for hydroxylation is 1. The zero-order chi connectivity index (χ0) is 13.0. The van der Waals surface area contributed by atoms with Crippen LogP contribution in [0.5, 0.6) is 5.75 Å². The first-order valence-electron chi connectivity index (χ1n) is 6.37. The van der Waals surface area contributed by atoms with E-state index in [0.29, 0.717) is 17.9 Å². The van der Waals surface area contributed by atoms with Gasteiger partial charge in [-0.25, -0.2) is 0 Å². The highest BCUT2D eigenvalue weighted by Crippen LogP contribution is 2.25. The molecule has 0 spiro atoms. The molecule has 1 aromatic rings. The second kappa shape index (κ2) is 5.95. The highest BCUT2D eigenvalue weighted by Gasteiger charge is 2.17. The average Bonchev–Trinajstić information content (AvgIpc) is 2.26. The van der Waals surface area contributed by atoms with Gasteiger partial charge in [-0.2, -0.15) is 0 Å². The van der Waals surface area contributed by atoms with Gasteiger partial charge in [0.15, 0.2) is 0 Å². The van der Waals surface area contributed by atoms with Crippen molar-refractivity contribution in [3.8, 4) is 5.75 Å². The maximum Gasteiger partial charge on any atom is 0.119 e. The summed E-state index contributed by atoms with van der Waals surface area (Å²) in [5.74, 6) is 2.16. The summed E-state index contributed by atoms with van der Waals surface area (Å²) < 4.78 is 5.22. The molecule has 0 bridgehead atoms. The molecular formula is C15H25NO. The number of anilines is 1. The van der Waals surface area contributed by atoms with E-state index in [1.807, 2.05) is 6.07 Å². The van der Waals surface area contributed by atoms with Gasteiger partial charge >= 0.3 is 0 Å². The van der Waals surface area contributed by atoms with Gasteiger partial charge in [-0.05, 0) is 42.5 Å². The third kappa shape index (κ3) is 3.65. The Labute approximate surface area is 105 Å². The van der Waals surface area contributed by atoms with E-state index in [4.69, 9.17) is 4.74 Å². The van der Waals surface area contributed by atoms with Gasteiger partial charge in [-0.1, -0.05) is 27.7 Å². The fourth-order valence-corrected chi connectivity index (χ4v) is 2.21. The van der Waals surface area contributed by atoms with Crippen LogP contribution in [0.2, 0.25) is 0 Å². The molecule has 0 saturated heterocycles. The van der Waals surface area contributed by atoms with Crippen molar-refractivity contribution in [2.24, 2.45) is 11.8 Å². The summed E-state index contributed by atoms with van der Waals surface area (Å²) in [6.45, 7) is 11.2. The molecule has 0 heterocycles. The van der Waals surface area contributed by atoms with Gasteiger partial charge in [0.1, 0.15) is 5.75 Å². The fourth-order valence-electron chi connectivity index (χ4n) is 2.21. The number of rotatable bonds is 5. The van der Waals surface area contributed by atoms with Crippen LogP contribution < -0.4 is 10.1 Å². The second-order valence-corrected chi connectivity index (χ2v) is 5.34. The van der Waals surface area contributed by atoms with Gasteiger partial charge in [-0.15, -0.1) is 0 Å². The predicted octanol–water partition coefficient (Wildman–Crippen LogP) is 4.10. The zero-order valence-corrected chi connectivity index (χ0v) is 11.9. The van der Waals surface area contributed by atoms with Crippen molar-refractivity contribution in [1.82, 2.24) is 0 Å². The molecule has 1 N–H and O–H groups in total.